The van der Waals surface area contributed by atoms with Gasteiger partial charge >= 0.3 is 0 Å². The molecule has 0 fully saturated rings. The number of carbonyl (C=O) groups is 1. The normalized spacial score (nSPS) is 10.0. The van der Waals surface area contributed by atoms with Gasteiger partial charge in [-0.2, -0.15) is 0 Å². The minimum atomic E-state index is 0.0405. The van der Waals surface area contributed by atoms with Crippen LogP contribution in [0.5, 0.6) is 0 Å². The average molecular weight is 167 g/mol. The number of aryl methyl sites for hydroxylation is 1. The van der Waals surface area contributed by atoms with E-state index < -0.39 is 0 Å². The van der Waals surface area contributed by atoms with Crippen molar-refractivity contribution in [3.8, 4) is 0 Å². The van der Waals surface area contributed by atoms with Gasteiger partial charge in [-0.1, -0.05) is 0 Å². The molecule has 0 bridgehead atoms. The molecule has 1 heterocycles. The first-order valence-electron chi connectivity index (χ1n) is 3.73. The second-order valence-corrected chi connectivity index (χ2v) is 2.98. The Morgan fingerprint density at radius 1 is 1.58 bits per heavy atom. The zero-order valence-electron chi connectivity index (χ0n) is 7.83. The molecule has 0 aromatic carbocycles. The highest BCUT2D eigenvalue weighted by atomic mass is 16.1. The van der Waals surface area contributed by atoms with Crippen LogP contribution >= 0.6 is 0 Å². The molecule has 0 aliphatic rings. The number of aromatic nitrogens is 2. The molecule has 0 N–H and O–H groups in total. The Morgan fingerprint density at radius 2 is 2.17 bits per heavy atom. The molecule has 0 aliphatic heterocycles. The largest absolute Gasteiger partial charge is 0.361 e. The van der Waals surface area contributed by atoms with Crippen LogP contribution < -0.4 is 4.90 Å². The molecule has 0 saturated heterocycles. The van der Waals surface area contributed by atoms with Gasteiger partial charge in [0.2, 0.25) is 0 Å². The predicted molar refractivity (Wildman–Crippen MR) is 47.5 cm³/mol. The molecule has 0 spiro atoms. The van der Waals surface area contributed by atoms with Gasteiger partial charge in [-0.05, 0) is 0 Å². The Bertz CT molecular complexity index is 301. The van der Waals surface area contributed by atoms with Gasteiger partial charge < -0.3 is 9.47 Å². The van der Waals surface area contributed by atoms with E-state index in [0.29, 0.717) is 5.69 Å². The van der Waals surface area contributed by atoms with Crippen LogP contribution in [-0.4, -0.2) is 29.4 Å². The molecule has 0 radical (unpaired) electrons. The number of ketones is 1. The second kappa shape index (κ2) is 2.97. The molecule has 12 heavy (non-hydrogen) atoms. The van der Waals surface area contributed by atoms with Gasteiger partial charge in [-0.3, -0.25) is 4.79 Å². The molecule has 1 aromatic rings. The van der Waals surface area contributed by atoms with Gasteiger partial charge in [-0.25, -0.2) is 4.98 Å². The van der Waals surface area contributed by atoms with E-state index in [0.717, 1.165) is 5.82 Å². The van der Waals surface area contributed by atoms with Crippen molar-refractivity contribution in [3.63, 3.8) is 0 Å². The highest BCUT2D eigenvalue weighted by Crippen LogP contribution is 2.15. The van der Waals surface area contributed by atoms with Gasteiger partial charge in [0.1, 0.15) is 5.69 Å². The Morgan fingerprint density at radius 3 is 2.50 bits per heavy atom. The minimum absolute atomic E-state index is 0.0405. The first-order valence-corrected chi connectivity index (χ1v) is 3.73. The van der Waals surface area contributed by atoms with Crippen LogP contribution in [0.15, 0.2) is 6.33 Å². The van der Waals surface area contributed by atoms with E-state index in [9.17, 15) is 4.79 Å². The minimum Gasteiger partial charge on any atom is -0.361 e. The molecule has 1 aromatic heterocycles. The number of carbonyl (C=O) groups excluding carboxylic acids is 1. The fourth-order valence-electron chi connectivity index (χ4n) is 1.15. The third-order valence-electron chi connectivity index (χ3n) is 1.67. The number of hydrogen-bond donors (Lipinski definition) is 0. The standard InChI is InChI=1S/C8H13N3O/c1-6(12)7-8(10(2)3)9-5-11(7)4/h5H,1-4H3. The molecule has 0 unspecified atom stereocenters. The lowest BCUT2D eigenvalue weighted by molar-refractivity contribution is 0.101. The molecule has 1 rings (SSSR count). The lowest BCUT2D eigenvalue weighted by atomic mass is 10.3. The van der Waals surface area contributed by atoms with Crippen molar-refractivity contribution in [2.45, 2.75) is 6.92 Å². The summed E-state index contributed by atoms with van der Waals surface area (Å²) in [5, 5.41) is 0. The van der Waals surface area contributed by atoms with Crippen molar-refractivity contribution in [2.24, 2.45) is 7.05 Å². The predicted octanol–water partition coefficient (Wildman–Crippen LogP) is 0.689. The van der Waals surface area contributed by atoms with Crippen LogP contribution in [-0.2, 0) is 7.05 Å². The van der Waals surface area contributed by atoms with Crippen LogP contribution in [0.3, 0.4) is 0 Å². The molecular formula is C8H13N3O. The summed E-state index contributed by atoms with van der Waals surface area (Å²) in [6, 6.07) is 0. The summed E-state index contributed by atoms with van der Waals surface area (Å²) < 4.78 is 1.73. The molecule has 66 valence electrons. The molecule has 0 atom stereocenters. The Hall–Kier alpha value is -1.32. The highest BCUT2D eigenvalue weighted by molar-refractivity contribution is 5.97. The third-order valence-corrected chi connectivity index (χ3v) is 1.67. The van der Waals surface area contributed by atoms with Crippen LogP contribution in [0.2, 0.25) is 0 Å². The summed E-state index contributed by atoms with van der Waals surface area (Å²) in [4.78, 5) is 17.1. The van der Waals surface area contributed by atoms with E-state index in [4.69, 9.17) is 0 Å². The van der Waals surface area contributed by atoms with Gasteiger partial charge in [0.05, 0.1) is 6.33 Å². The third kappa shape index (κ3) is 1.32. The summed E-state index contributed by atoms with van der Waals surface area (Å²) in [7, 11) is 5.56. The molecule has 4 heteroatoms. The topological polar surface area (TPSA) is 38.1 Å². The maximum atomic E-state index is 11.2. The quantitative estimate of drug-likeness (QED) is 0.608. The van der Waals surface area contributed by atoms with Crippen LogP contribution in [0.4, 0.5) is 5.82 Å². The zero-order valence-corrected chi connectivity index (χ0v) is 7.83. The van der Waals surface area contributed by atoms with Crippen molar-refractivity contribution in [2.75, 3.05) is 19.0 Å². The van der Waals surface area contributed by atoms with E-state index in [1.54, 1.807) is 17.8 Å². The van der Waals surface area contributed by atoms with Gasteiger partial charge in [0.25, 0.3) is 0 Å². The van der Waals surface area contributed by atoms with E-state index in [2.05, 4.69) is 4.98 Å². The SMILES string of the molecule is CC(=O)c1c(N(C)C)ncn1C. The van der Waals surface area contributed by atoms with Crippen molar-refractivity contribution in [1.29, 1.82) is 0 Å². The fourth-order valence-corrected chi connectivity index (χ4v) is 1.15. The summed E-state index contributed by atoms with van der Waals surface area (Å²) in [6.45, 7) is 1.55. The Balaban J connectivity index is 3.21. The monoisotopic (exact) mass is 167 g/mol. The summed E-state index contributed by atoms with van der Waals surface area (Å²) in [6.07, 6.45) is 1.64. The maximum absolute atomic E-state index is 11.2. The van der Waals surface area contributed by atoms with E-state index >= 15 is 0 Å². The van der Waals surface area contributed by atoms with Crippen LogP contribution in [0, 0.1) is 0 Å². The first-order chi connectivity index (χ1) is 5.54. The Kier molecular flexibility index (Phi) is 2.17. The van der Waals surface area contributed by atoms with E-state index in [-0.39, 0.29) is 5.78 Å². The van der Waals surface area contributed by atoms with Crippen molar-refractivity contribution in [3.05, 3.63) is 12.0 Å². The van der Waals surface area contributed by atoms with Gasteiger partial charge in [0.15, 0.2) is 11.6 Å². The molecule has 0 saturated carbocycles. The molecule has 4 nitrogen and oxygen atoms in total. The molecular weight excluding hydrogens is 154 g/mol. The number of Topliss-reactive ketones (excluding diaryl/α,β-unsaturated/α-hetero) is 1. The zero-order chi connectivity index (χ0) is 9.30. The van der Waals surface area contributed by atoms with Crippen molar-refractivity contribution in [1.82, 2.24) is 9.55 Å². The summed E-state index contributed by atoms with van der Waals surface area (Å²) >= 11 is 0. The highest BCUT2D eigenvalue weighted by Gasteiger charge is 2.13. The number of hydrogen-bond acceptors (Lipinski definition) is 3. The number of rotatable bonds is 2. The first kappa shape index (κ1) is 8.77. The van der Waals surface area contributed by atoms with Crippen LogP contribution in [0.1, 0.15) is 17.4 Å². The second-order valence-electron chi connectivity index (χ2n) is 2.98. The lowest BCUT2D eigenvalue weighted by Gasteiger charge is -2.10. The van der Waals surface area contributed by atoms with Crippen LogP contribution in [0.25, 0.3) is 0 Å². The lowest BCUT2D eigenvalue weighted by Crippen LogP contribution is -2.14. The smallest absolute Gasteiger partial charge is 0.179 e. The van der Waals surface area contributed by atoms with Gasteiger partial charge in [0, 0.05) is 28.1 Å². The summed E-state index contributed by atoms with van der Waals surface area (Å²) in [5.41, 5.74) is 0.653. The van der Waals surface area contributed by atoms with Gasteiger partial charge in [-0.15, -0.1) is 0 Å². The number of anilines is 1. The number of imidazole rings is 1. The number of nitrogens with zero attached hydrogens (tertiary/aromatic N) is 3. The summed E-state index contributed by atoms with van der Waals surface area (Å²) in [5.74, 6) is 0.767. The molecule has 0 amide bonds. The Labute approximate surface area is 71.8 Å². The van der Waals surface area contributed by atoms with Crippen molar-refractivity contribution >= 4 is 11.6 Å². The maximum Gasteiger partial charge on any atom is 0.179 e. The molecule has 0 aliphatic carbocycles. The fraction of sp³-hybridized carbons (Fsp3) is 0.500. The van der Waals surface area contributed by atoms with Crippen molar-refractivity contribution < 1.29 is 4.79 Å². The van der Waals surface area contributed by atoms with E-state index in [1.165, 1.54) is 0 Å². The van der Waals surface area contributed by atoms with E-state index in [1.807, 2.05) is 26.0 Å². The average Bonchev–Trinajstić information content (AvgIpc) is 2.30.